The normalized spacial score (nSPS) is 13.3. The van der Waals surface area contributed by atoms with E-state index in [-0.39, 0.29) is 4.90 Å². The van der Waals surface area contributed by atoms with Crippen molar-refractivity contribution in [2.45, 2.75) is 31.6 Å². The van der Waals surface area contributed by atoms with Crippen LogP contribution in [0.1, 0.15) is 26.7 Å². The Morgan fingerprint density at radius 1 is 1.04 bits per heavy atom. The molecule has 1 aromatic carbocycles. The monoisotopic (exact) mass is 391 g/mol. The smallest absolute Gasteiger partial charge is 0.262 e. The van der Waals surface area contributed by atoms with E-state index in [1.165, 1.54) is 12.1 Å². The summed E-state index contributed by atoms with van der Waals surface area (Å²) in [5, 5.41) is 0. The zero-order valence-corrected chi connectivity index (χ0v) is 16.5. The van der Waals surface area contributed by atoms with E-state index in [1.807, 2.05) is 6.07 Å². The summed E-state index contributed by atoms with van der Waals surface area (Å²) in [4.78, 5) is 6.73. The molecular formula is C19H25N3O4S. The van der Waals surface area contributed by atoms with E-state index in [1.54, 1.807) is 18.3 Å². The molecular weight excluding hydrogens is 366 g/mol. The molecule has 2 heterocycles. The Hall–Kier alpha value is -2.48. The van der Waals surface area contributed by atoms with Crippen LogP contribution in [0.25, 0.3) is 0 Å². The number of benzene rings is 1. The molecule has 8 heteroatoms. The van der Waals surface area contributed by atoms with E-state index in [9.17, 15) is 8.42 Å². The molecule has 0 fully saturated rings. The number of anilines is 2. The number of rotatable bonds is 8. The Balaban J connectivity index is 1.76. The first-order valence-corrected chi connectivity index (χ1v) is 10.6. The Kier molecular flexibility index (Phi) is 6.05. The molecule has 27 heavy (non-hydrogen) atoms. The van der Waals surface area contributed by atoms with Gasteiger partial charge in [0, 0.05) is 19.2 Å². The fourth-order valence-electron chi connectivity index (χ4n) is 2.92. The number of ether oxygens (including phenoxy) is 2. The van der Waals surface area contributed by atoms with Gasteiger partial charge in [-0.05, 0) is 37.1 Å². The molecule has 0 spiro atoms. The van der Waals surface area contributed by atoms with E-state index < -0.39 is 10.0 Å². The fraction of sp³-hybridized carbons (Fsp3) is 0.421. The maximum absolute atomic E-state index is 12.7. The van der Waals surface area contributed by atoms with Crippen LogP contribution in [-0.4, -0.2) is 39.7 Å². The lowest BCUT2D eigenvalue weighted by atomic mass is 10.3. The minimum Gasteiger partial charge on any atom is -0.486 e. The van der Waals surface area contributed by atoms with E-state index in [4.69, 9.17) is 9.47 Å². The highest BCUT2D eigenvalue weighted by molar-refractivity contribution is 7.92. The lowest BCUT2D eigenvalue weighted by Gasteiger charge is -2.22. The summed E-state index contributed by atoms with van der Waals surface area (Å²) in [7, 11) is -3.74. The van der Waals surface area contributed by atoms with Crippen LogP contribution in [0, 0.1) is 0 Å². The molecule has 1 aliphatic rings. The molecule has 0 bridgehead atoms. The summed E-state index contributed by atoms with van der Waals surface area (Å²) < 4.78 is 38.8. The number of nitrogens with one attached hydrogen (secondary N) is 1. The molecule has 0 amide bonds. The number of hydrogen-bond acceptors (Lipinski definition) is 6. The average molecular weight is 391 g/mol. The first-order valence-electron chi connectivity index (χ1n) is 9.17. The van der Waals surface area contributed by atoms with Crippen LogP contribution in [0.3, 0.4) is 0 Å². The third-order valence-electron chi connectivity index (χ3n) is 4.14. The molecule has 1 aliphatic heterocycles. The molecule has 0 atom stereocenters. The van der Waals surface area contributed by atoms with Crippen molar-refractivity contribution >= 4 is 21.5 Å². The molecule has 146 valence electrons. The Labute approximate surface area is 160 Å². The minimum absolute atomic E-state index is 0.120. The molecule has 7 nitrogen and oxygen atoms in total. The fourth-order valence-corrected chi connectivity index (χ4v) is 3.98. The Morgan fingerprint density at radius 2 is 1.74 bits per heavy atom. The van der Waals surface area contributed by atoms with E-state index in [0.717, 1.165) is 31.7 Å². The molecule has 3 rings (SSSR count). The third-order valence-corrected chi connectivity index (χ3v) is 5.51. The molecule has 1 N–H and O–H groups in total. The molecule has 0 saturated heterocycles. The number of hydrogen-bond donors (Lipinski definition) is 1. The van der Waals surface area contributed by atoms with Gasteiger partial charge < -0.3 is 14.4 Å². The van der Waals surface area contributed by atoms with Crippen LogP contribution >= 0.6 is 0 Å². The van der Waals surface area contributed by atoms with Crippen LogP contribution in [-0.2, 0) is 10.0 Å². The van der Waals surface area contributed by atoms with Crippen LogP contribution in [0.15, 0.2) is 41.4 Å². The van der Waals surface area contributed by atoms with Gasteiger partial charge in [-0.25, -0.2) is 13.4 Å². The zero-order valence-electron chi connectivity index (χ0n) is 15.6. The van der Waals surface area contributed by atoms with Gasteiger partial charge in [0.1, 0.15) is 19.0 Å². The van der Waals surface area contributed by atoms with E-state index in [0.29, 0.717) is 30.4 Å². The first kappa shape index (κ1) is 19.3. The van der Waals surface area contributed by atoms with Crippen molar-refractivity contribution in [2.75, 3.05) is 35.9 Å². The summed E-state index contributed by atoms with van der Waals surface area (Å²) in [6.45, 7) is 6.95. The second-order valence-electron chi connectivity index (χ2n) is 6.30. The summed E-state index contributed by atoms with van der Waals surface area (Å²) in [6, 6.07) is 8.16. The molecule has 0 saturated carbocycles. The van der Waals surface area contributed by atoms with Gasteiger partial charge in [0.15, 0.2) is 11.5 Å². The van der Waals surface area contributed by atoms with Crippen LogP contribution in [0.5, 0.6) is 11.5 Å². The van der Waals surface area contributed by atoms with Crippen molar-refractivity contribution in [1.29, 1.82) is 0 Å². The third kappa shape index (κ3) is 4.63. The van der Waals surface area contributed by atoms with E-state index >= 15 is 0 Å². The predicted octanol–water partition coefficient (Wildman–Crippen LogP) is 3.28. The van der Waals surface area contributed by atoms with Gasteiger partial charge in [-0.3, -0.25) is 4.72 Å². The van der Waals surface area contributed by atoms with Crippen molar-refractivity contribution in [1.82, 2.24) is 4.98 Å². The largest absolute Gasteiger partial charge is 0.486 e. The second kappa shape index (κ2) is 8.47. The topological polar surface area (TPSA) is 80.8 Å². The van der Waals surface area contributed by atoms with Crippen molar-refractivity contribution < 1.29 is 17.9 Å². The van der Waals surface area contributed by atoms with Crippen molar-refractivity contribution in [2.24, 2.45) is 0 Å². The highest BCUT2D eigenvalue weighted by Gasteiger charge is 2.19. The van der Waals surface area contributed by atoms with Gasteiger partial charge in [0.25, 0.3) is 10.0 Å². The van der Waals surface area contributed by atoms with Gasteiger partial charge in [0.2, 0.25) is 0 Å². The van der Waals surface area contributed by atoms with Crippen LogP contribution in [0.2, 0.25) is 0 Å². The lowest BCUT2D eigenvalue weighted by molar-refractivity contribution is 0.171. The number of aromatic nitrogens is 1. The van der Waals surface area contributed by atoms with Crippen molar-refractivity contribution in [3.05, 3.63) is 36.5 Å². The van der Waals surface area contributed by atoms with Gasteiger partial charge in [0.05, 0.1) is 16.8 Å². The number of sulfonamides is 1. The molecule has 2 aromatic rings. The summed E-state index contributed by atoms with van der Waals surface area (Å²) >= 11 is 0. The lowest BCUT2D eigenvalue weighted by Crippen LogP contribution is -2.25. The highest BCUT2D eigenvalue weighted by atomic mass is 32.2. The van der Waals surface area contributed by atoms with Crippen molar-refractivity contribution in [3.8, 4) is 11.5 Å². The van der Waals surface area contributed by atoms with Crippen LogP contribution < -0.4 is 19.1 Å². The molecule has 1 aromatic heterocycles. The maximum Gasteiger partial charge on any atom is 0.262 e. The van der Waals surface area contributed by atoms with Gasteiger partial charge >= 0.3 is 0 Å². The Morgan fingerprint density at radius 3 is 2.37 bits per heavy atom. The van der Waals surface area contributed by atoms with Gasteiger partial charge in [-0.15, -0.1) is 0 Å². The van der Waals surface area contributed by atoms with Gasteiger partial charge in [-0.2, -0.15) is 0 Å². The molecule has 0 radical (unpaired) electrons. The van der Waals surface area contributed by atoms with Crippen LogP contribution in [0.4, 0.5) is 11.5 Å². The second-order valence-corrected chi connectivity index (χ2v) is 7.99. The summed E-state index contributed by atoms with van der Waals surface area (Å²) in [5.41, 5.74) is 0.418. The predicted molar refractivity (Wildman–Crippen MR) is 105 cm³/mol. The van der Waals surface area contributed by atoms with E-state index in [2.05, 4.69) is 28.5 Å². The maximum atomic E-state index is 12.7. The number of fused-ring (bicyclic) bond motifs is 1. The quantitative estimate of drug-likeness (QED) is 0.744. The average Bonchev–Trinajstić information content (AvgIpc) is 2.68. The van der Waals surface area contributed by atoms with Crippen molar-refractivity contribution in [3.63, 3.8) is 0 Å². The first-order chi connectivity index (χ1) is 13.0. The summed E-state index contributed by atoms with van der Waals surface area (Å²) in [6.07, 6.45) is 3.60. The number of pyridine rings is 1. The highest BCUT2D eigenvalue weighted by Crippen LogP contribution is 2.32. The molecule has 0 aliphatic carbocycles. The van der Waals surface area contributed by atoms with Gasteiger partial charge in [-0.1, -0.05) is 13.8 Å². The Bertz CT molecular complexity index is 863. The molecule has 0 unspecified atom stereocenters. The standard InChI is InChI=1S/C19H25N3O4S/c1-3-9-22(10-4-2)19-8-5-15(14-20-19)21-27(23,24)16-6-7-17-18(13-16)26-12-11-25-17/h5-8,13-14,21H,3-4,9-12H2,1-2H3. The summed E-state index contributed by atoms with van der Waals surface area (Å²) in [5.74, 6) is 1.84. The minimum atomic E-state index is -3.74. The number of nitrogens with zero attached hydrogens (tertiary/aromatic N) is 2. The SMILES string of the molecule is CCCN(CCC)c1ccc(NS(=O)(=O)c2ccc3c(c2)OCCO3)cn1. The zero-order chi connectivity index (χ0) is 19.3.